The van der Waals surface area contributed by atoms with Gasteiger partial charge in [0.25, 0.3) is 0 Å². The first kappa shape index (κ1) is 11.3. The SMILES string of the molecule is CCOC(=O)c1cccc2oc3c(c12)CCCC3. The number of aryl methyl sites for hydroxylation is 2. The molecule has 3 rings (SSSR count). The zero-order valence-electron chi connectivity index (χ0n) is 10.5. The summed E-state index contributed by atoms with van der Waals surface area (Å²) in [5.41, 5.74) is 2.66. The molecule has 0 spiro atoms. The summed E-state index contributed by atoms with van der Waals surface area (Å²) in [5, 5.41) is 0.964. The number of carbonyl (C=O) groups is 1. The lowest BCUT2D eigenvalue weighted by Gasteiger charge is -2.10. The Morgan fingerprint density at radius 2 is 2.17 bits per heavy atom. The molecule has 1 aliphatic rings. The number of benzene rings is 1. The van der Waals surface area contributed by atoms with Crippen molar-refractivity contribution in [3.8, 4) is 0 Å². The van der Waals surface area contributed by atoms with E-state index in [-0.39, 0.29) is 5.97 Å². The number of esters is 1. The highest BCUT2D eigenvalue weighted by molar-refractivity contribution is 6.05. The van der Waals surface area contributed by atoms with E-state index in [0.29, 0.717) is 12.2 Å². The van der Waals surface area contributed by atoms with Crippen LogP contribution < -0.4 is 0 Å². The molecule has 0 N–H and O–H groups in total. The Bertz CT molecular complexity index is 595. The highest BCUT2D eigenvalue weighted by atomic mass is 16.5. The summed E-state index contributed by atoms with van der Waals surface area (Å²) in [4.78, 5) is 12.0. The van der Waals surface area contributed by atoms with Gasteiger partial charge in [0.2, 0.25) is 0 Å². The topological polar surface area (TPSA) is 39.4 Å². The molecule has 3 heteroatoms. The number of hydrogen-bond donors (Lipinski definition) is 0. The van der Waals surface area contributed by atoms with Gasteiger partial charge in [-0.3, -0.25) is 0 Å². The van der Waals surface area contributed by atoms with Crippen molar-refractivity contribution >= 4 is 16.9 Å². The first-order valence-electron chi connectivity index (χ1n) is 6.51. The third-order valence-electron chi connectivity index (χ3n) is 3.47. The van der Waals surface area contributed by atoms with Crippen LogP contribution in [0.1, 0.15) is 41.4 Å². The standard InChI is InChI=1S/C15H16O3/c1-2-17-15(16)11-7-5-9-13-14(11)10-6-3-4-8-12(10)18-13/h5,7,9H,2-4,6,8H2,1H3. The van der Waals surface area contributed by atoms with E-state index in [1.165, 1.54) is 18.4 Å². The van der Waals surface area contributed by atoms with Gasteiger partial charge in [0.1, 0.15) is 11.3 Å². The summed E-state index contributed by atoms with van der Waals surface area (Å²) in [5.74, 6) is 0.797. The van der Waals surface area contributed by atoms with E-state index in [2.05, 4.69) is 0 Å². The van der Waals surface area contributed by atoms with E-state index < -0.39 is 0 Å². The molecule has 1 heterocycles. The van der Waals surface area contributed by atoms with Gasteiger partial charge in [0.15, 0.2) is 0 Å². The van der Waals surface area contributed by atoms with Crippen LogP contribution in [-0.2, 0) is 17.6 Å². The smallest absolute Gasteiger partial charge is 0.338 e. The molecule has 18 heavy (non-hydrogen) atoms. The Hall–Kier alpha value is -1.77. The summed E-state index contributed by atoms with van der Waals surface area (Å²) in [6.45, 7) is 2.22. The van der Waals surface area contributed by atoms with Crippen molar-refractivity contribution in [3.05, 3.63) is 35.1 Å². The number of furan rings is 1. The highest BCUT2D eigenvalue weighted by Gasteiger charge is 2.22. The third kappa shape index (κ3) is 1.70. The van der Waals surface area contributed by atoms with E-state index in [1.807, 2.05) is 25.1 Å². The van der Waals surface area contributed by atoms with Crippen molar-refractivity contribution in [2.24, 2.45) is 0 Å². The Kier molecular flexibility index (Phi) is 2.82. The summed E-state index contributed by atoms with van der Waals surface area (Å²) < 4.78 is 11.0. The van der Waals surface area contributed by atoms with Crippen LogP contribution in [0.2, 0.25) is 0 Å². The van der Waals surface area contributed by atoms with E-state index in [4.69, 9.17) is 9.15 Å². The fraction of sp³-hybridized carbons (Fsp3) is 0.400. The van der Waals surface area contributed by atoms with Crippen LogP contribution in [0.4, 0.5) is 0 Å². The summed E-state index contributed by atoms with van der Waals surface area (Å²) >= 11 is 0. The molecule has 1 aromatic heterocycles. The minimum Gasteiger partial charge on any atom is -0.462 e. The van der Waals surface area contributed by atoms with Gasteiger partial charge in [0, 0.05) is 17.4 Å². The maximum Gasteiger partial charge on any atom is 0.338 e. The molecule has 1 aromatic carbocycles. The van der Waals surface area contributed by atoms with Gasteiger partial charge in [0.05, 0.1) is 12.2 Å². The normalized spacial score (nSPS) is 14.5. The number of carbonyl (C=O) groups excluding carboxylic acids is 1. The van der Waals surface area contributed by atoms with Crippen molar-refractivity contribution in [2.75, 3.05) is 6.61 Å². The molecular weight excluding hydrogens is 228 g/mol. The van der Waals surface area contributed by atoms with Gasteiger partial charge < -0.3 is 9.15 Å². The minimum absolute atomic E-state index is 0.253. The molecule has 0 atom stereocenters. The van der Waals surface area contributed by atoms with Crippen molar-refractivity contribution in [3.63, 3.8) is 0 Å². The number of hydrogen-bond acceptors (Lipinski definition) is 3. The number of rotatable bonds is 2. The minimum atomic E-state index is -0.253. The second-order valence-electron chi connectivity index (χ2n) is 4.61. The second kappa shape index (κ2) is 4.48. The van der Waals surface area contributed by atoms with E-state index in [0.717, 1.165) is 29.6 Å². The second-order valence-corrected chi connectivity index (χ2v) is 4.61. The number of fused-ring (bicyclic) bond motifs is 3. The zero-order chi connectivity index (χ0) is 12.5. The van der Waals surface area contributed by atoms with Crippen LogP contribution in [-0.4, -0.2) is 12.6 Å². The average molecular weight is 244 g/mol. The Morgan fingerprint density at radius 3 is 3.00 bits per heavy atom. The van der Waals surface area contributed by atoms with Crippen molar-refractivity contribution in [1.29, 1.82) is 0 Å². The average Bonchev–Trinajstić information content (AvgIpc) is 2.77. The molecule has 0 saturated heterocycles. The summed E-state index contributed by atoms with van der Waals surface area (Å²) in [6, 6.07) is 5.60. The molecule has 3 nitrogen and oxygen atoms in total. The van der Waals surface area contributed by atoms with Crippen LogP contribution in [0.3, 0.4) is 0 Å². The van der Waals surface area contributed by atoms with Crippen LogP contribution in [0, 0.1) is 0 Å². The van der Waals surface area contributed by atoms with Crippen LogP contribution in [0.25, 0.3) is 11.0 Å². The van der Waals surface area contributed by atoms with Gasteiger partial charge in [-0.2, -0.15) is 0 Å². The Labute approximate surface area is 106 Å². The van der Waals surface area contributed by atoms with Gasteiger partial charge in [-0.05, 0) is 38.3 Å². The first-order chi connectivity index (χ1) is 8.81. The lowest BCUT2D eigenvalue weighted by molar-refractivity contribution is 0.0528. The molecule has 0 radical (unpaired) electrons. The predicted octanol–water partition coefficient (Wildman–Crippen LogP) is 3.49. The third-order valence-corrected chi connectivity index (χ3v) is 3.47. The first-order valence-corrected chi connectivity index (χ1v) is 6.51. The van der Waals surface area contributed by atoms with Crippen LogP contribution >= 0.6 is 0 Å². The maximum absolute atomic E-state index is 12.0. The van der Waals surface area contributed by atoms with Gasteiger partial charge in [-0.25, -0.2) is 4.79 Å². The fourth-order valence-electron chi connectivity index (χ4n) is 2.69. The molecule has 0 saturated carbocycles. The summed E-state index contributed by atoms with van der Waals surface area (Å²) in [7, 11) is 0. The van der Waals surface area contributed by atoms with Crippen molar-refractivity contribution in [1.82, 2.24) is 0 Å². The molecule has 94 valence electrons. The quantitative estimate of drug-likeness (QED) is 0.759. The van der Waals surface area contributed by atoms with Gasteiger partial charge in [-0.1, -0.05) is 6.07 Å². The zero-order valence-corrected chi connectivity index (χ0v) is 10.5. The Balaban J connectivity index is 2.19. The lowest BCUT2D eigenvalue weighted by atomic mass is 9.94. The molecule has 0 fully saturated rings. The van der Waals surface area contributed by atoms with E-state index in [1.54, 1.807) is 0 Å². The molecule has 0 amide bonds. The highest BCUT2D eigenvalue weighted by Crippen LogP contribution is 2.34. The molecular formula is C15H16O3. The molecule has 2 aromatic rings. The van der Waals surface area contributed by atoms with E-state index in [9.17, 15) is 4.79 Å². The largest absolute Gasteiger partial charge is 0.462 e. The van der Waals surface area contributed by atoms with Crippen molar-refractivity contribution in [2.45, 2.75) is 32.6 Å². The number of ether oxygens (including phenoxy) is 1. The summed E-state index contributed by atoms with van der Waals surface area (Å²) in [6.07, 6.45) is 4.31. The molecule has 1 aliphatic carbocycles. The Morgan fingerprint density at radius 1 is 1.33 bits per heavy atom. The van der Waals surface area contributed by atoms with E-state index >= 15 is 0 Å². The fourth-order valence-corrected chi connectivity index (χ4v) is 2.69. The lowest BCUT2D eigenvalue weighted by Crippen LogP contribution is -2.06. The monoisotopic (exact) mass is 244 g/mol. The maximum atomic E-state index is 12.0. The predicted molar refractivity (Wildman–Crippen MR) is 68.8 cm³/mol. The molecule has 0 unspecified atom stereocenters. The van der Waals surface area contributed by atoms with Gasteiger partial charge >= 0.3 is 5.97 Å². The van der Waals surface area contributed by atoms with Crippen molar-refractivity contribution < 1.29 is 13.9 Å². The van der Waals surface area contributed by atoms with Gasteiger partial charge in [-0.15, -0.1) is 0 Å². The van der Waals surface area contributed by atoms with Crippen LogP contribution in [0.5, 0.6) is 0 Å². The van der Waals surface area contributed by atoms with Crippen LogP contribution in [0.15, 0.2) is 22.6 Å². The molecule has 0 bridgehead atoms. The molecule has 0 aliphatic heterocycles.